The Balaban J connectivity index is 2.17. The lowest BCUT2D eigenvalue weighted by Gasteiger charge is -2.29. The van der Waals surface area contributed by atoms with Crippen molar-refractivity contribution >= 4 is 0 Å². The maximum atomic E-state index is 13.0. The minimum atomic E-state index is -4.32. The van der Waals surface area contributed by atoms with E-state index >= 15 is 0 Å². The highest BCUT2D eigenvalue weighted by Crippen LogP contribution is 2.33. The van der Waals surface area contributed by atoms with Gasteiger partial charge in [-0.25, -0.2) is 0 Å². The molecule has 1 aliphatic rings. The monoisotopic (exact) mass is 287 g/mol. The molecule has 0 atom stereocenters. The lowest BCUT2D eigenvalue weighted by molar-refractivity contribution is -0.138. The highest BCUT2D eigenvalue weighted by Gasteiger charge is 2.34. The minimum absolute atomic E-state index is 0.0231. The van der Waals surface area contributed by atoms with Crippen molar-refractivity contribution in [3.63, 3.8) is 0 Å². The second-order valence-corrected chi connectivity index (χ2v) is 5.29. The van der Waals surface area contributed by atoms with Crippen molar-refractivity contribution in [2.45, 2.75) is 44.4 Å². The van der Waals surface area contributed by atoms with Crippen molar-refractivity contribution in [2.24, 2.45) is 0 Å². The van der Waals surface area contributed by atoms with Crippen molar-refractivity contribution in [2.75, 3.05) is 13.2 Å². The van der Waals surface area contributed by atoms with Gasteiger partial charge in [-0.1, -0.05) is 31.0 Å². The molecule has 1 aromatic carbocycles. The first-order chi connectivity index (χ1) is 9.52. The molecule has 1 aromatic rings. The summed E-state index contributed by atoms with van der Waals surface area (Å²) in [5, 5.41) is 9.14. The standard InChI is InChI=1S/C15H20F3NO/c16-15(17,18)14-8-4-1-5-12(14)11-19(9-10-20)13-6-2-3-7-13/h1,4-5,8,13,20H,2-3,6-7,9-11H2. The molecule has 2 rings (SSSR count). The van der Waals surface area contributed by atoms with Crippen molar-refractivity contribution in [1.29, 1.82) is 0 Å². The fraction of sp³-hybridized carbons (Fsp3) is 0.600. The zero-order valence-corrected chi connectivity index (χ0v) is 11.4. The van der Waals surface area contributed by atoms with Gasteiger partial charge in [0.2, 0.25) is 0 Å². The molecule has 1 fully saturated rings. The molecule has 5 heteroatoms. The Morgan fingerprint density at radius 3 is 2.40 bits per heavy atom. The summed E-state index contributed by atoms with van der Waals surface area (Å²) in [4.78, 5) is 1.98. The van der Waals surface area contributed by atoms with Crippen LogP contribution in [0.1, 0.15) is 36.8 Å². The fourth-order valence-electron chi connectivity index (χ4n) is 2.94. The molecule has 0 heterocycles. The van der Waals surface area contributed by atoms with Gasteiger partial charge >= 0.3 is 6.18 Å². The summed E-state index contributed by atoms with van der Waals surface area (Å²) in [5.41, 5.74) is -0.277. The van der Waals surface area contributed by atoms with E-state index < -0.39 is 11.7 Å². The van der Waals surface area contributed by atoms with Crippen molar-refractivity contribution in [1.82, 2.24) is 4.90 Å². The molecule has 20 heavy (non-hydrogen) atoms. The molecule has 1 N–H and O–H groups in total. The van der Waals surface area contributed by atoms with E-state index in [1.807, 2.05) is 4.90 Å². The Hall–Kier alpha value is -1.07. The van der Waals surface area contributed by atoms with Gasteiger partial charge in [-0.2, -0.15) is 13.2 Å². The maximum Gasteiger partial charge on any atom is 0.416 e. The topological polar surface area (TPSA) is 23.5 Å². The van der Waals surface area contributed by atoms with Crippen LogP contribution in [0.3, 0.4) is 0 Å². The van der Waals surface area contributed by atoms with Crippen LogP contribution in [0.25, 0.3) is 0 Å². The molecule has 1 aliphatic carbocycles. The van der Waals surface area contributed by atoms with Crippen molar-refractivity contribution in [3.8, 4) is 0 Å². The minimum Gasteiger partial charge on any atom is -0.395 e. The zero-order chi connectivity index (χ0) is 14.6. The van der Waals surface area contributed by atoms with E-state index in [4.69, 9.17) is 5.11 Å². The average molecular weight is 287 g/mol. The first-order valence-corrected chi connectivity index (χ1v) is 7.02. The summed E-state index contributed by atoms with van der Waals surface area (Å²) in [5.74, 6) is 0. The highest BCUT2D eigenvalue weighted by atomic mass is 19.4. The van der Waals surface area contributed by atoms with Crippen LogP contribution in [0.5, 0.6) is 0 Å². The van der Waals surface area contributed by atoms with E-state index in [1.165, 1.54) is 12.1 Å². The van der Waals surface area contributed by atoms with E-state index in [-0.39, 0.29) is 13.2 Å². The zero-order valence-electron chi connectivity index (χ0n) is 11.4. The second kappa shape index (κ2) is 6.59. The molecule has 1 saturated carbocycles. The van der Waals surface area contributed by atoms with Gasteiger partial charge < -0.3 is 5.11 Å². The number of aliphatic hydroxyl groups is 1. The first-order valence-electron chi connectivity index (χ1n) is 7.02. The third kappa shape index (κ3) is 3.73. The number of benzene rings is 1. The molecule has 0 unspecified atom stereocenters. The fourth-order valence-corrected chi connectivity index (χ4v) is 2.94. The number of halogens is 3. The summed E-state index contributed by atoms with van der Waals surface area (Å²) in [6.45, 7) is 0.655. The number of nitrogens with zero attached hydrogens (tertiary/aromatic N) is 1. The third-order valence-corrected chi connectivity index (χ3v) is 3.92. The Morgan fingerprint density at radius 2 is 1.80 bits per heavy atom. The van der Waals surface area contributed by atoms with Crippen LogP contribution in [0, 0.1) is 0 Å². The summed E-state index contributed by atoms with van der Waals surface area (Å²) < 4.78 is 39.0. The summed E-state index contributed by atoms with van der Waals surface area (Å²) in [6, 6.07) is 6.00. The molecular weight excluding hydrogens is 267 g/mol. The van der Waals surface area contributed by atoms with Gasteiger partial charge in [0, 0.05) is 19.1 Å². The van der Waals surface area contributed by atoms with Crippen LogP contribution in [0.15, 0.2) is 24.3 Å². The number of hydrogen-bond acceptors (Lipinski definition) is 2. The SMILES string of the molecule is OCCN(Cc1ccccc1C(F)(F)F)C1CCCC1. The van der Waals surface area contributed by atoms with E-state index in [2.05, 4.69) is 0 Å². The third-order valence-electron chi connectivity index (χ3n) is 3.92. The highest BCUT2D eigenvalue weighted by molar-refractivity contribution is 5.29. The summed E-state index contributed by atoms with van der Waals surface area (Å²) >= 11 is 0. The smallest absolute Gasteiger partial charge is 0.395 e. The molecule has 0 saturated heterocycles. The van der Waals surface area contributed by atoms with E-state index in [9.17, 15) is 13.2 Å². The van der Waals surface area contributed by atoms with Crippen molar-refractivity contribution < 1.29 is 18.3 Å². The van der Waals surface area contributed by atoms with Gasteiger partial charge in [-0.3, -0.25) is 4.90 Å². The number of alkyl halides is 3. The molecule has 0 spiro atoms. The molecule has 2 nitrogen and oxygen atoms in total. The number of aliphatic hydroxyl groups excluding tert-OH is 1. The molecule has 0 amide bonds. The van der Waals surface area contributed by atoms with E-state index in [0.29, 0.717) is 18.2 Å². The Morgan fingerprint density at radius 1 is 1.15 bits per heavy atom. The molecule has 0 bridgehead atoms. The lowest BCUT2D eigenvalue weighted by Crippen LogP contribution is -2.35. The number of rotatable bonds is 5. The largest absolute Gasteiger partial charge is 0.416 e. The van der Waals surface area contributed by atoms with Gasteiger partial charge in [-0.05, 0) is 24.5 Å². The van der Waals surface area contributed by atoms with Gasteiger partial charge in [0.25, 0.3) is 0 Å². The van der Waals surface area contributed by atoms with Crippen LogP contribution in [0.4, 0.5) is 13.2 Å². The summed E-state index contributed by atoms with van der Waals surface area (Å²) in [7, 11) is 0. The van der Waals surface area contributed by atoms with Gasteiger partial charge in [0.15, 0.2) is 0 Å². The molecule has 0 aromatic heterocycles. The van der Waals surface area contributed by atoms with Crippen LogP contribution in [-0.4, -0.2) is 29.2 Å². The van der Waals surface area contributed by atoms with Crippen molar-refractivity contribution in [3.05, 3.63) is 35.4 Å². The van der Waals surface area contributed by atoms with E-state index in [1.54, 1.807) is 6.07 Å². The Labute approximate surface area is 117 Å². The number of hydrogen-bond donors (Lipinski definition) is 1. The Bertz CT molecular complexity index is 427. The predicted molar refractivity (Wildman–Crippen MR) is 71.2 cm³/mol. The molecule has 112 valence electrons. The average Bonchev–Trinajstić information content (AvgIpc) is 2.91. The normalized spacial score (nSPS) is 17.1. The summed E-state index contributed by atoms with van der Waals surface area (Å²) in [6.07, 6.45) is -0.0689. The van der Waals surface area contributed by atoms with Gasteiger partial charge in [0.1, 0.15) is 0 Å². The molecule has 0 radical (unpaired) electrons. The second-order valence-electron chi connectivity index (χ2n) is 5.29. The quantitative estimate of drug-likeness (QED) is 0.896. The lowest BCUT2D eigenvalue weighted by atomic mass is 10.1. The van der Waals surface area contributed by atoms with Crippen LogP contribution < -0.4 is 0 Å². The Kier molecular flexibility index (Phi) is 5.05. The maximum absolute atomic E-state index is 13.0. The molecule has 0 aliphatic heterocycles. The van der Waals surface area contributed by atoms with Crippen LogP contribution >= 0.6 is 0 Å². The molecular formula is C15H20F3NO. The predicted octanol–water partition coefficient (Wildman–Crippen LogP) is 3.44. The van der Waals surface area contributed by atoms with Gasteiger partial charge in [-0.15, -0.1) is 0 Å². The van der Waals surface area contributed by atoms with E-state index in [0.717, 1.165) is 31.7 Å². The van der Waals surface area contributed by atoms with Crippen LogP contribution in [0.2, 0.25) is 0 Å². The van der Waals surface area contributed by atoms with Gasteiger partial charge in [0.05, 0.1) is 12.2 Å². The first kappa shape index (κ1) is 15.3. The van der Waals surface area contributed by atoms with Crippen LogP contribution in [-0.2, 0) is 12.7 Å².